The number of amides is 1. The van der Waals surface area contributed by atoms with Gasteiger partial charge in [-0.1, -0.05) is 30.3 Å². The van der Waals surface area contributed by atoms with Gasteiger partial charge in [0.2, 0.25) is 5.91 Å². The summed E-state index contributed by atoms with van der Waals surface area (Å²) in [6.45, 7) is 2.36. The van der Waals surface area contributed by atoms with Crippen molar-refractivity contribution in [3.05, 3.63) is 70.5 Å². The van der Waals surface area contributed by atoms with Gasteiger partial charge in [-0.25, -0.2) is 4.39 Å². The summed E-state index contributed by atoms with van der Waals surface area (Å²) in [5, 5.41) is 6.38. The molecule has 2 aliphatic rings. The van der Waals surface area contributed by atoms with Crippen molar-refractivity contribution in [3.63, 3.8) is 0 Å². The summed E-state index contributed by atoms with van der Waals surface area (Å²) in [6.07, 6.45) is 1.66. The number of hydrogen-bond acceptors (Lipinski definition) is 2. The molecule has 0 aromatic heterocycles. The fourth-order valence-electron chi connectivity index (χ4n) is 3.35. The number of hydrogen-bond donors (Lipinski definition) is 2. The van der Waals surface area contributed by atoms with Gasteiger partial charge in [-0.15, -0.1) is 0 Å². The van der Waals surface area contributed by atoms with E-state index in [1.54, 1.807) is 12.1 Å². The van der Waals surface area contributed by atoms with E-state index >= 15 is 0 Å². The minimum atomic E-state index is -0.452. The van der Waals surface area contributed by atoms with Crippen molar-refractivity contribution in [2.45, 2.75) is 37.9 Å². The Labute approximate surface area is 134 Å². The van der Waals surface area contributed by atoms with Crippen LogP contribution in [0.5, 0.6) is 0 Å². The zero-order valence-corrected chi connectivity index (χ0v) is 12.9. The number of rotatable bonds is 4. The van der Waals surface area contributed by atoms with E-state index in [9.17, 15) is 9.18 Å². The van der Waals surface area contributed by atoms with Crippen LogP contribution in [0.3, 0.4) is 0 Å². The molecule has 0 saturated heterocycles. The van der Waals surface area contributed by atoms with E-state index in [4.69, 9.17) is 0 Å². The molecule has 4 rings (SSSR count). The van der Waals surface area contributed by atoms with Gasteiger partial charge in [-0.05, 0) is 47.2 Å². The van der Waals surface area contributed by atoms with Crippen LogP contribution in [0.1, 0.15) is 35.1 Å². The summed E-state index contributed by atoms with van der Waals surface area (Å²) in [6, 6.07) is 12.7. The highest BCUT2D eigenvalue weighted by atomic mass is 19.1. The molecule has 0 atom stereocenters. The molecule has 23 heavy (non-hydrogen) atoms. The molecule has 0 unspecified atom stereocenters. The zero-order chi connectivity index (χ0) is 15.9. The van der Waals surface area contributed by atoms with Crippen molar-refractivity contribution in [2.24, 2.45) is 0 Å². The fourth-order valence-corrected chi connectivity index (χ4v) is 3.35. The first-order valence-electron chi connectivity index (χ1n) is 8.03. The Hall–Kier alpha value is -2.20. The van der Waals surface area contributed by atoms with Crippen molar-refractivity contribution in [2.75, 3.05) is 0 Å². The van der Waals surface area contributed by atoms with Crippen molar-refractivity contribution in [1.29, 1.82) is 0 Å². The Morgan fingerprint density at radius 1 is 1.09 bits per heavy atom. The molecular weight excluding hydrogens is 291 g/mol. The molecule has 2 N–H and O–H groups in total. The lowest BCUT2D eigenvalue weighted by Crippen LogP contribution is -2.34. The number of nitrogens with one attached hydrogen (secondary N) is 2. The highest BCUT2D eigenvalue weighted by Crippen LogP contribution is 2.48. The van der Waals surface area contributed by atoms with E-state index in [-0.39, 0.29) is 11.7 Å². The van der Waals surface area contributed by atoms with Gasteiger partial charge < -0.3 is 10.6 Å². The first-order valence-corrected chi connectivity index (χ1v) is 8.03. The molecule has 0 bridgehead atoms. The van der Waals surface area contributed by atoms with Crippen LogP contribution in [-0.4, -0.2) is 5.91 Å². The minimum absolute atomic E-state index is 0.0442. The number of halogens is 1. The predicted octanol–water partition coefficient (Wildman–Crippen LogP) is 2.78. The Balaban J connectivity index is 1.45. The Morgan fingerprint density at radius 2 is 1.83 bits per heavy atom. The molecule has 118 valence electrons. The number of carbonyl (C=O) groups is 1. The topological polar surface area (TPSA) is 41.1 Å². The number of fused-ring (bicyclic) bond motifs is 1. The van der Waals surface area contributed by atoms with Crippen molar-refractivity contribution in [3.8, 4) is 0 Å². The summed E-state index contributed by atoms with van der Waals surface area (Å²) in [7, 11) is 0. The SMILES string of the molecule is O=C(NCc1ccc2c(c1)CNC2)C1(c2ccc(F)cc2)CC1. The largest absolute Gasteiger partial charge is 0.351 e. The fraction of sp³-hybridized carbons (Fsp3) is 0.316. The quantitative estimate of drug-likeness (QED) is 0.912. The van der Waals surface area contributed by atoms with Crippen LogP contribution >= 0.6 is 0 Å². The molecule has 1 amide bonds. The summed E-state index contributed by atoms with van der Waals surface area (Å²) in [4.78, 5) is 12.6. The lowest BCUT2D eigenvalue weighted by Gasteiger charge is -2.16. The third kappa shape index (κ3) is 2.63. The molecule has 3 nitrogen and oxygen atoms in total. The normalized spacial score (nSPS) is 17.6. The molecule has 2 aromatic rings. The maximum absolute atomic E-state index is 13.1. The summed E-state index contributed by atoms with van der Waals surface area (Å²) in [5.41, 5.74) is 4.23. The second-order valence-electron chi connectivity index (χ2n) is 6.48. The lowest BCUT2D eigenvalue weighted by molar-refractivity contribution is -0.123. The predicted molar refractivity (Wildman–Crippen MR) is 86.1 cm³/mol. The van der Waals surface area contributed by atoms with Gasteiger partial charge in [-0.2, -0.15) is 0 Å². The third-order valence-electron chi connectivity index (χ3n) is 4.94. The summed E-state index contributed by atoms with van der Waals surface area (Å²) < 4.78 is 13.1. The molecule has 1 saturated carbocycles. The van der Waals surface area contributed by atoms with Gasteiger partial charge in [0.05, 0.1) is 5.41 Å². The number of carbonyl (C=O) groups excluding carboxylic acids is 1. The monoisotopic (exact) mass is 310 g/mol. The zero-order valence-electron chi connectivity index (χ0n) is 12.9. The first kappa shape index (κ1) is 14.4. The van der Waals surface area contributed by atoms with Gasteiger partial charge in [0.1, 0.15) is 5.82 Å². The third-order valence-corrected chi connectivity index (χ3v) is 4.94. The summed E-state index contributed by atoms with van der Waals surface area (Å²) in [5.74, 6) is -0.223. The van der Waals surface area contributed by atoms with Crippen LogP contribution in [0, 0.1) is 5.82 Å². The summed E-state index contributed by atoms with van der Waals surface area (Å²) >= 11 is 0. The van der Waals surface area contributed by atoms with E-state index in [2.05, 4.69) is 28.8 Å². The highest BCUT2D eigenvalue weighted by Gasteiger charge is 2.51. The first-order chi connectivity index (χ1) is 11.2. The Kier molecular flexibility index (Phi) is 3.42. The molecule has 1 fully saturated rings. The second kappa shape index (κ2) is 5.46. The van der Waals surface area contributed by atoms with E-state index < -0.39 is 5.41 Å². The molecule has 0 radical (unpaired) electrons. The van der Waals surface area contributed by atoms with E-state index in [0.29, 0.717) is 6.54 Å². The molecule has 1 aliphatic carbocycles. The molecule has 1 heterocycles. The van der Waals surface area contributed by atoms with Crippen molar-refractivity contribution in [1.82, 2.24) is 10.6 Å². The van der Waals surface area contributed by atoms with Crippen LogP contribution in [0.25, 0.3) is 0 Å². The molecule has 2 aromatic carbocycles. The maximum Gasteiger partial charge on any atom is 0.230 e. The van der Waals surface area contributed by atoms with Crippen LogP contribution in [0.2, 0.25) is 0 Å². The highest BCUT2D eigenvalue weighted by molar-refractivity contribution is 5.91. The second-order valence-corrected chi connectivity index (χ2v) is 6.48. The van der Waals surface area contributed by atoms with Gasteiger partial charge >= 0.3 is 0 Å². The van der Waals surface area contributed by atoms with E-state index in [0.717, 1.165) is 37.1 Å². The number of benzene rings is 2. The standard InChI is InChI=1S/C19H19FN2O/c20-17-5-3-16(4-6-17)19(7-8-19)18(23)22-10-13-1-2-14-11-21-12-15(14)9-13/h1-6,9,21H,7-8,10-12H2,(H,22,23). The van der Waals surface area contributed by atoms with Gasteiger partial charge in [0.15, 0.2) is 0 Å². The smallest absolute Gasteiger partial charge is 0.230 e. The van der Waals surface area contributed by atoms with Crippen LogP contribution < -0.4 is 10.6 Å². The van der Waals surface area contributed by atoms with Gasteiger partial charge in [0, 0.05) is 19.6 Å². The molecule has 1 aliphatic heterocycles. The van der Waals surface area contributed by atoms with E-state index in [1.165, 1.54) is 23.3 Å². The van der Waals surface area contributed by atoms with Crippen LogP contribution in [-0.2, 0) is 29.8 Å². The van der Waals surface area contributed by atoms with Crippen LogP contribution in [0.4, 0.5) is 4.39 Å². The van der Waals surface area contributed by atoms with Gasteiger partial charge in [-0.3, -0.25) is 4.79 Å². The Morgan fingerprint density at radius 3 is 2.57 bits per heavy atom. The lowest BCUT2D eigenvalue weighted by atomic mass is 9.95. The molecular formula is C19H19FN2O. The average Bonchev–Trinajstić information content (AvgIpc) is 3.24. The average molecular weight is 310 g/mol. The van der Waals surface area contributed by atoms with Gasteiger partial charge in [0.25, 0.3) is 0 Å². The molecule has 0 spiro atoms. The Bertz CT molecular complexity index is 750. The minimum Gasteiger partial charge on any atom is -0.351 e. The maximum atomic E-state index is 13.1. The van der Waals surface area contributed by atoms with E-state index in [1.807, 2.05) is 0 Å². The van der Waals surface area contributed by atoms with Crippen molar-refractivity contribution >= 4 is 5.91 Å². The molecule has 4 heteroatoms. The van der Waals surface area contributed by atoms with Crippen molar-refractivity contribution < 1.29 is 9.18 Å². The van der Waals surface area contributed by atoms with Crippen LogP contribution in [0.15, 0.2) is 42.5 Å².